The highest BCUT2D eigenvalue weighted by molar-refractivity contribution is 9.08. The number of hydrogen-bond acceptors (Lipinski definition) is 5. The van der Waals surface area contributed by atoms with Crippen LogP contribution in [0.3, 0.4) is 0 Å². The molecule has 0 aliphatic carbocycles. The lowest BCUT2D eigenvalue weighted by Crippen LogP contribution is -2.27. The van der Waals surface area contributed by atoms with Gasteiger partial charge < -0.3 is 9.47 Å². The van der Waals surface area contributed by atoms with Crippen molar-refractivity contribution in [3.8, 4) is 5.75 Å². The predicted octanol–water partition coefficient (Wildman–Crippen LogP) is 0.860. The average Bonchev–Trinajstić information content (AvgIpc) is 2.32. The average molecular weight is 305 g/mol. The SMILES string of the molecule is CCOC(=O)c1nc(CBr)n(C)c(=O)c1OC. The van der Waals surface area contributed by atoms with Crippen LogP contribution in [0.2, 0.25) is 0 Å². The number of rotatable bonds is 4. The molecule has 0 saturated heterocycles. The molecule has 1 heterocycles. The molecular formula is C10H13BrN2O4. The molecular weight excluding hydrogens is 292 g/mol. The molecule has 0 N–H and O–H groups in total. The third kappa shape index (κ3) is 2.66. The zero-order valence-electron chi connectivity index (χ0n) is 9.82. The first-order chi connectivity index (χ1) is 8.06. The topological polar surface area (TPSA) is 70.4 Å². The summed E-state index contributed by atoms with van der Waals surface area (Å²) in [6.07, 6.45) is 0. The normalized spacial score (nSPS) is 10.1. The van der Waals surface area contributed by atoms with E-state index in [4.69, 9.17) is 9.47 Å². The van der Waals surface area contributed by atoms with Gasteiger partial charge in [-0.3, -0.25) is 9.36 Å². The number of hydrogen-bond donors (Lipinski definition) is 0. The van der Waals surface area contributed by atoms with Crippen LogP contribution in [0.5, 0.6) is 5.75 Å². The maximum Gasteiger partial charge on any atom is 0.361 e. The van der Waals surface area contributed by atoms with E-state index in [-0.39, 0.29) is 18.1 Å². The van der Waals surface area contributed by atoms with Crippen LogP contribution >= 0.6 is 15.9 Å². The van der Waals surface area contributed by atoms with E-state index in [1.54, 1.807) is 14.0 Å². The molecule has 1 aromatic heterocycles. The van der Waals surface area contributed by atoms with Crippen LogP contribution in [-0.4, -0.2) is 29.2 Å². The van der Waals surface area contributed by atoms with E-state index in [1.807, 2.05) is 0 Å². The Morgan fingerprint density at radius 1 is 1.53 bits per heavy atom. The van der Waals surface area contributed by atoms with E-state index < -0.39 is 11.5 Å². The minimum Gasteiger partial charge on any atom is -0.489 e. The van der Waals surface area contributed by atoms with Gasteiger partial charge in [-0.2, -0.15) is 0 Å². The van der Waals surface area contributed by atoms with Crippen LogP contribution in [0, 0.1) is 0 Å². The van der Waals surface area contributed by atoms with Crippen LogP contribution in [0.4, 0.5) is 0 Å². The summed E-state index contributed by atoms with van der Waals surface area (Å²) >= 11 is 3.20. The largest absolute Gasteiger partial charge is 0.489 e. The van der Waals surface area contributed by atoms with Crippen LogP contribution in [0.1, 0.15) is 23.2 Å². The van der Waals surface area contributed by atoms with Crippen molar-refractivity contribution >= 4 is 21.9 Å². The lowest BCUT2D eigenvalue weighted by atomic mass is 10.3. The molecule has 0 bridgehead atoms. The van der Waals surface area contributed by atoms with Gasteiger partial charge in [0.15, 0.2) is 5.69 Å². The molecule has 0 fully saturated rings. The van der Waals surface area contributed by atoms with E-state index in [0.717, 1.165) is 0 Å². The number of alkyl halides is 1. The molecule has 7 heteroatoms. The first-order valence-corrected chi connectivity index (χ1v) is 6.05. The van der Waals surface area contributed by atoms with Gasteiger partial charge in [0.1, 0.15) is 5.82 Å². The Labute approximate surface area is 107 Å². The minimum atomic E-state index is -0.663. The lowest BCUT2D eigenvalue weighted by molar-refractivity contribution is 0.0514. The summed E-state index contributed by atoms with van der Waals surface area (Å²) in [5.41, 5.74) is -0.507. The fourth-order valence-electron chi connectivity index (χ4n) is 1.27. The number of ether oxygens (including phenoxy) is 2. The number of carbonyl (C=O) groups excluding carboxylic acids is 1. The summed E-state index contributed by atoms with van der Waals surface area (Å²) in [5, 5.41) is 0.356. The molecule has 1 rings (SSSR count). The van der Waals surface area contributed by atoms with Crippen molar-refractivity contribution in [2.45, 2.75) is 12.3 Å². The summed E-state index contributed by atoms with van der Waals surface area (Å²) in [6, 6.07) is 0. The van der Waals surface area contributed by atoms with Crippen molar-refractivity contribution in [3.05, 3.63) is 21.9 Å². The Kier molecular flexibility index (Phi) is 4.68. The van der Waals surface area contributed by atoms with E-state index in [2.05, 4.69) is 20.9 Å². The first-order valence-electron chi connectivity index (χ1n) is 4.93. The molecule has 0 amide bonds. The maximum absolute atomic E-state index is 11.9. The van der Waals surface area contributed by atoms with Crippen LogP contribution in [0.15, 0.2) is 4.79 Å². The lowest BCUT2D eigenvalue weighted by Gasteiger charge is -2.11. The summed E-state index contributed by atoms with van der Waals surface area (Å²) < 4.78 is 11.0. The highest BCUT2D eigenvalue weighted by Crippen LogP contribution is 2.13. The Morgan fingerprint density at radius 2 is 2.18 bits per heavy atom. The van der Waals surface area contributed by atoms with Gasteiger partial charge in [0.05, 0.1) is 19.0 Å². The van der Waals surface area contributed by atoms with Gasteiger partial charge >= 0.3 is 5.97 Å². The molecule has 0 atom stereocenters. The van der Waals surface area contributed by atoms with Gasteiger partial charge in [-0.15, -0.1) is 0 Å². The Morgan fingerprint density at radius 3 is 2.65 bits per heavy atom. The predicted molar refractivity (Wildman–Crippen MR) is 64.6 cm³/mol. The third-order valence-corrected chi connectivity index (χ3v) is 2.64. The second kappa shape index (κ2) is 5.81. The van der Waals surface area contributed by atoms with E-state index in [1.165, 1.54) is 11.7 Å². The van der Waals surface area contributed by atoms with Gasteiger partial charge in [-0.05, 0) is 6.92 Å². The minimum absolute atomic E-state index is 0.0908. The van der Waals surface area contributed by atoms with Gasteiger partial charge in [0.2, 0.25) is 5.75 Å². The number of halogens is 1. The van der Waals surface area contributed by atoms with Crippen LogP contribution < -0.4 is 10.3 Å². The number of methoxy groups -OCH3 is 1. The van der Waals surface area contributed by atoms with Gasteiger partial charge in [0.25, 0.3) is 5.56 Å². The van der Waals surface area contributed by atoms with Gasteiger partial charge in [-0.1, -0.05) is 15.9 Å². The molecule has 0 spiro atoms. The van der Waals surface area contributed by atoms with E-state index in [0.29, 0.717) is 11.2 Å². The van der Waals surface area contributed by atoms with Crippen molar-refractivity contribution in [3.63, 3.8) is 0 Å². The summed E-state index contributed by atoms with van der Waals surface area (Å²) in [7, 11) is 2.87. The third-order valence-electron chi connectivity index (χ3n) is 2.13. The molecule has 0 aromatic carbocycles. The molecule has 17 heavy (non-hydrogen) atoms. The molecule has 0 unspecified atom stereocenters. The molecule has 0 aliphatic heterocycles. The number of carbonyl (C=O) groups is 1. The fraction of sp³-hybridized carbons (Fsp3) is 0.500. The fourth-order valence-corrected chi connectivity index (χ4v) is 1.77. The number of nitrogens with zero attached hydrogens (tertiary/aromatic N) is 2. The second-order valence-corrected chi connectivity index (χ2v) is 3.69. The van der Waals surface area contributed by atoms with Crippen molar-refractivity contribution < 1.29 is 14.3 Å². The van der Waals surface area contributed by atoms with E-state index >= 15 is 0 Å². The Hall–Kier alpha value is -1.37. The second-order valence-electron chi connectivity index (χ2n) is 3.13. The zero-order valence-corrected chi connectivity index (χ0v) is 11.4. The van der Waals surface area contributed by atoms with Crippen molar-refractivity contribution in [2.75, 3.05) is 13.7 Å². The van der Waals surface area contributed by atoms with Crippen molar-refractivity contribution in [1.82, 2.24) is 9.55 Å². The highest BCUT2D eigenvalue weighted by Gasteiger charge is 2.21. The number of aromatic nitrogens is 2. The highest BCUT2D eigenvalue weighted by atomic mass is 79.9. The first kappa shape index (κ1) is 13.7. The molecule has 0 aliphatic rings. The van der Waals surface area contributed by atoms with Crippen molar-refractivity contribution in [1.29, 1.82) is 0 Å². The summed E-state index contributed by atoms with van der Waals surface area (Å²) in [4.78, 5) is 27.6. The zero-order chi connectivity index (χ0) is 13.0. The molecule has 6 nitrogen and oxygen atoms in total. The van der Waals surface area contributed by atoms with Crippen molar-refractivity contribution in [2.24, 2.45) is 7.05 Å². The van der Waals surface area contributed by atoms with E-state index in [9.17, 15) is 9.59 Å². The smallest absolute Gasteiger partial charge is 0.361 e. The quantitative estimate of drug-likeness (QED) is 0.609. The van der Waals surface area contributed by atoms with Crippen LogP contribution in [0.25, 0.3) is 0 Å². The van der Waals surface area contributed by atoms with Crippen LogP contribution in [-0.2, 0) is 17.1 Å². The molecule has 0 saturated carbocycles. The van der Waals surface area contributed by atoms with Gasteiger partial charge in [0, 0.05) is 7.05 Å². The Bertz CT molecular complexity index is 484. The molecule has 94 valence electrons. The monoisotopic (exact) mass is 304 g/mol. The standard InChI is InChI=1S/C10H13BrN2O4/c1-4-17-10(15)7-8(16-3)9(14)13(2)6(5-11)12-7/h4-5H2,1-3H3. The van der Waals surface area contributed by atoms with Gasteiger partial charge in [-0.25, -0.2) is 9.78 Å². The summed E-state index contributed by atoms with van der Waals surface area (Å²) in [6.45, 7) is 1.89. The molecule has 1 aromatic rings. The summed E-state index contributed by atoms with van der Waals surface area (Å²) in [5.74, 6) is -0.334. The maximum atomic E-state index is 11.9. The number of esters is 1. The molecule has 0 radical (unpaired) electrons. The Balaban J connectivity index is 3.43.